The Labute approximate surface area is 182 Å². The average molecular weight is 508 g/mol. The molecule has 0 aromatic carbocycles. The summed E-state index contributed by atoms with van der Waals surface area (Å²) in [6.45, 7) is 4.09. The number of aliphatic hydroxyl groups excluding tert-OH is 1. The van der Waals surface area contributed by atoms with Gasteiger partial charge in [-0.25, -0.2) is 9.13 Å². The van der Waals surface area contributed by atoms with Crippen LogP contribution in [0, 0.1) is 0 Å². The minimum absolute atomic E-state index is 0.254. The summed E-state index contributed by atoms with van der Waals surface area (Å²) in [7, 11) is -10.8. The van der Waals surface area contributed by atoms with E-state index < -0.39 is 70.2 Å². The van der Waals surface area contributed by atoms with Crippen molar-refractivity contribution in [2.75, 3.05) is 0 Å². The second-order valence-electron chi connectivity index (χ2n) is 6.54. The van der Waals surface area contributed by atoms with Gasteiger partial charge in [-0.2, -0.15) is 0 Å². The van der Waals surface area contributed by atoms with Gasteiger partial charge >= 0.3 is 33.6 Å². The molecule has 6 atom stereocenters. The van der Waals surface area contributed by atoms with Gasteiger partial charge in [0.2, 0.25) is 0 Å². The third kappa shape index (κ3) is 8.50. The van der Waals surface area contributed by atoms with Crippen molar-refractivity contribution < 1.29 is 71.5 Å². The van der Waals surface area contributed by atoms with Crippen molar-refractivity contribution in [1.82, 2.24) is 0 Å². The van der Waals surface area contributed by atoms with Crippen LogP contribution in [0.1, 0.15) is 40.0 Å². The maximum absolute atomic E-state index is 12.0. The Balaban J connectivity index is 3.64. The largest absolute Gasteiger partial charge is 0.470 e. The maximum Gasteiger partial charge on any atom is 0.470 e. The van der Waals surface area contributed by atoms with Gasteiger partial charge in [0.1, 0.15) is 18.3 Å². The van der Waals surface area contributed by atoms with Crippen LogP contribution in [0.15, 0.2) is 0 Å². The van der Waals surface area contributed by atoms with Crippen molar-refractivity contribution in [1.29, 1.82) is 0 Å². The van der Waals surface area contributed by atoms with Crippen LogP contribution in [-0.4, -0.2) is 79.2 Å². The fourth-order valence-corrected chi connectivity index (χ4v) is 3.93. The monoisotopic (exact) mass is 508 g/mol. The van der Waals surface area contributed by atoms with Crippen molar-refractivity contribution in [2.45, 2.75) is 76.7 Å². The van der Waals surface area contributed by atoms with Crippen LogP contribution >= 0.6 is 15.6 Å². The van der Waals surface area contributed by atoms with Crippen LogP contribution in [0.25, 0.3) is 0 Å². The zero-order chi connectivity index (χ0) is 24.9. The Hall–Kier alpha value is -1.41. The number of carbonyl (C=O) groups is 3. The number of carbonyl (C=O) groups excluding carboxylic acids is 3. The normalized spacial score (nSPS) is 28.6. The van der Waals surface area contributed by atoms with Gasteiger partial charge in [-0.3, -0.25) is 23.4 Å². The molecule has 1 aliphatic rings. The van der Waals surface area contributed by atoms with Crippen molar-refractivity contribution in [3.8, 4) is 0 Å². The van der Waals surface area contributed by atoms with Crippen molar-refractivity contribution in [2.24, 2.45) is 0 Å². The first-order valence-corrected chi connectivity index (χ1v) is 12.4. The molecule has 186 valence electrons. The van der Waals surface area contributed by atoms with Crippen molar-refractivity contribution in [3.05, 3.63) is 0 Å². The Morgan fingerprint density at radius 1 is 0.625 bits per heavy atom. The lowest BCUT2D eigenvalue weighted by atomic mass is 9.84. The molecule has 0 amide bonds. The van der Waals surface area contributed by atoms with E-state index in [2.05, 4.69) is 9.05 Å². The second kappa shape index (κ2) is 11.6. The number of esters is 3. The number of ether oxygens (including phenoxy) is 3. The third-order valence-corrected chi connectivity index (χ3v) is 5.19. The van der Waals surface area contributed by atoms with Crippen LogP contribution in [0.3, 0.4) is 0 Å². The summed E-state index contributed by atoms with van der Waals surface area (Å²) >= 11 is 0. The van der Waals surface area contributed by atoms with E-state index in [1.807, 2.05) is 0 Å². The quantitative estimate of drug-likeness (QED) is 0.139. The van der Waals surface area contributed by atoms with Crippen molar-refractivity contribution >= 4 is 33.6 Å². The first kappa shape index (κ1) is 28.6. The molecule has 0 unspecified atom stereocenters. The van der Waals surface area contributed by atoms with E-state index in [1.54, 1.807) is 0 Å². The van der Waals surface area contributed by atoms with Crippen molar-refractivity contribution in [3.63, 3.8) is 0 Å². The number of hydrogen-bond donors (Lipinski definition) is 5. The fraction of sp³-hybridized carbons (Fsp3) is 0.800. The van der Waals surface area contributed by atoms with E-state index in [4.69, 9.17) is 14.2 Å². The highest BCUT2D eigenvalue weighted by Gasteiger charge is 2.59. The summed E-state index contributed by atoms with van der Waals surface area (Å²) in [5.41, 5.74) is 0. The highest BCUT2D eigenvalue weighted by Crippen LogP contribution is 2.47. The second-order valence-corrected chi connectivity index (χ2v) is 8.92. The molecule has 0 spiro atoms. The SMILES string of the molecule is CCC(=O)O[C@@H]1[C@@H](OC(=O)CC)[C@H](OP(=O)(O)O)[C@@H](O)[C@@H](OP(=O)(O)O)[C@H]1OC(=O)CC. The van der Waals surface area contributed by atoms with Crippen LogP contribution < -0.4 is 0 Å². The number of phosphoric ester groups is 2. The molecule has 0 aromatic rings. The molecule has 0 bridgehead atoms. The zero-order valence-corrected chi connectivity index (χ0v) is 19.1. The van der Waals surface area contributed by atoms with E-state index in [0.29, 0.717) is 0 Å². The molecule has 0 radical (unpaired) electrons. The summed E-state index contributed by atoms with van der Waals surface area (Å²) in [4.78, 5) is 72.8. The first-order chi connectivity index (χ1) is 14.6. The van der Waals surface area contributed by atoms with Gasteiger partial charge in [-0.1, -0.05) is 20.8 Å². The number of hydrogen-bond acceptors (Lipinski definition) is 11. The summed E-state index contributed by atoms with van der Waals surface area (Å²) in [5.74, 6) is -2.92. The molecule has 1 fully saturated rings. The highest BCUT2D eigenvalue weighted by molar-refractivity contribution is 7.46. The number of aliphatic hydroxyl groups is 1. The lowest BCUT2D eigenvalue weighted by Crippen LogP contribution is -2.67. The van der Waals surface area contributed by atoms with E-state index >= 15 is 0 Å². The zero-order valence-electron chi connectivity index (χ0n) is 17.3. The van der Waals surface area contributed by atoms with E-state index in [0.717, 1.165) is 0 Å². The van der Waals surface area contributed by atoms with Crippen LogP contribution in [0.5, 0.6) is 0 Å². The Bertz CT molecular complexity index is 719. The van der Waals surface area contributed by atoms with Gasteiger partial charge in [0.15, 0.2) is 18.3 Å². The minimum atomic E-state index is -5.41. The molecule has 0 heterocycles. The van der Waals surface area contributed by atoms with Gasteiger partial charge in [0.05, 0.1) is 0 Å². The lowest BCUT2D eigenvalue weighted by Gasteiger charge is -2.46. The van der Waals surface area contributed by atoms with E-state index in [9.17, 15) is 48.2 Å². The van der Waals surface area contributed by atoms with Crippen LogP contribution in [-0.2, 0) is 46.8 Å². The summed E-state index contributed by atoms with van der Waals surface area (Å²) in [5, 5.41) is 10.6. The average Bonchev–Trinajstić information content (AvgIpc) is 2.68. The fourth-order valence-electron chi connectivity index (χ4n) is 2.81. The highest BCUT2D eigenvalue weighted by atomic mass is 31.2. The standard InChI is InChI=1S/C15H26O15P2/c1-4-7(16)26-13-11(29-31(20,21)22)10(19)12(30-32(23,24)25)14(27-8(17)5-2)15(13)28-9(18)6-3/h10-15,19H,4-6H2,1-3H3,(H2,20,21,22)(H2,23,24,25)/t10-,11-,12-,13+,14-,15-/m1/s1. The van der Waals surface area contributed by atoms with Gasteiger partial charge in [-0.15, -0.1) is 0 Å². The topological polar surface area (TPSA) is 233 Å². The predicted octanol–water partition coefficient (Wildman–Crippen LogP) is -0.718. The van der Waals surface area contributed by atoms with Gasteiger partial charge < -0.3 is 38.9 Å². The number of rotatable bonds is 10. The Morgan fingerprint density at radius 3 is 1.09 bits per heavy atom. The molecule has 0 aliphatic heterocycles. The lowest BCUT2D eigenvalue weighted by molar-refractivity contribution is -0.242. The van der Waals surface area contributed by atoms with Gasteiger partial charge in [0.25, 0.3) is 0 Å². The molecule has 1 saturated carbocycles. The maximum atomic E-state index is 12.0. The Morgan fingerprint density at radius 2 is 0.875 bits per heavy atom. The van der Waals surface area contributed by atoms with Crippen LogP contribution in [0.4, 0.5) is 0 Å². The molecule has 5 N–H and O–H groups in total. The van der Waals surface area contributed by atoms with Crippen LogP contribution in [0.2, 0.25) is 0 Å². The molecule has 32 heavy (non-hydrogen) atoms. The first-order valence-electron chi connectivity index (χ1n) is 9.37. The minimum Gasteiger partial charge on any atom is -0.455 e. The predicted molar refractivity (Wildman–Crippen MR) is 100 cm³/mol. The van der Waals surface area contributed by atoms with Gasteiger partial charge in [-0.05, 0) is 0 Å². The third-order valence-electron chi connectivity index (χ3n) is 4.16. The number of phosphoric acid groups is 2. The summed E-state index contributed by atoms with van der Waals surface area (Å²) < 4.78 is 47.2. The molecular weight excluding hydrogens is 482 g/mol. The smallest absolute Gasteiger partial charge is 0.455 e. The van der Waals surface area contributed by atoms with E-state index in [1.165, 1.54) is 20.8 Å². The molecule has 1 aliphatic carbocycles. The summed E-state index contributed by atoms with van der Waals surface area (Å²) in [6, 6.07) is 0. The summed E-state index contributed by atoms with van der Waals surface area (Å²) in [6.07, 6.45) is -13.3. The Kier molecular flexibility index (Phi) is 10.4. The molecule has 17 heteroatoms. The van der Waals surface area contributed by atoms with Gasteiger partial charge in [0, 0.05) is 19.3 Å². The molecule has 15 nitrogen and oxygen atoms in total. The molecule has 0 aromatic heterocycles. The molecule has 1 rings (SSSR count). The molecule has 0 saturated heterocycles. The molecular formula is C15H26O15P2. The van der Waals surface area contributed by atoms with E-state index in [-0.39, 0.29) is 19.3 Å².